The third kappa shape index (κ3) is 4.90. The molecule has 146 valence electrons. The number of hydrogen-bond donors (Lipinski definition) is 2. The summed E-state index contributed by atoms with van der Waals surface area (Å²) in [6, 6.07) is 0.855. The van der Waals surface area contributed by atoms with Gasteiger partial charge in [0.2, 0.25) is 5.91 Å². The molecular weight excluding hydrogens is 362 g/mol. The van der Waals surface area contributed by atoms with E-state index in [1.807, 2.05) is 0 Å². The fraction of sp³-hybridized carbons (Fsp3) is 0.588. The van der Waals surface area contributed by atoms with Crippen LogP contribution in [0.1, 0.15) is 49.8 Å². The van der Waals surface area contributed by atoms with Gasteiger partial charge in [-0.1, -0.05) is 6.42 Å². The standard InChI is InChI=1S/C17H20F6N2O/c1-15(2,25-14(26)13-5-3-4-6-24-13)10-7-11(16(18,19)20)9-12(8-10)17(21,22)23/h7-9,13,24H,3-6H2,1-2H3,(H,25,26)/t13-/m0/s1. The molecule has 0 radical (unpaired) electrons. The number of carbonyl (C=O) groups is 1. The Labute approximate surface area is 147 Å². The van der Waals surface area contributed by atoms with Crippen molar-refractivity contribution in [1.82, 2.24) is 10.6 Å². The Morgan fingerprint density at radius 2 is 1.46 bits per heavy atom. The Morgan fingerprint density at radius 3 is 1.88 bits per heavy atom. The van der Waals surface area contributed by atoms with E-state index in [0.29, 0.717) is 25.1 Å². The number of alkyl halides is 6. The summed E-state index contributed by atoms with van der Waals surface area (Å²) < 4.78 is 78.1. The largest absolute Gasteiger partial charge is 0.416 e. The first-order chi connectivity index (χ1) is 11.8. The zero-order valence-electron chi connectivity index (χ0n) is 14.3. The number of halogens is 6. The van der Waals surface area contributed by atoms with E-state index in [9.17, 15) is 31.1 Å². The van der Waals surface area contributed by atoms with Crippen molar-refractivity contribution in [1.29, 1.82) is 0 Å². The Bertz CT molecular complexity index is 628. The normalized spacial score (nSPS) is 19.3. The monoisotopic (exact) mass is 382 g/mol. The van der Waals surface area contributed by atoms with Crippen LogP contribution >= 0.6 is 0 Å². The fourth-order valence-corrected chi connectivity index (χ4v) is 2.86. The molecular formula is C17H20F6N2O. The van der Waals surface area contributed by atoms with Gasteiger partial charge in [0.1, 0.15) is 0 Å². The third-order valence-electron chi connectivity index (χ3n) is 4.37. The highest BCUT2D eigenvalue weighted by molar-refractivity contribution is 5.82. The molecule has 2 N–H and O–H groups in total. The Balaban J connectivity index is 2.36. The van der Waals surface area contributed by atoms with Crippen LogP contribution in [0.15, 0.2) is 18.2 Å². The van der Waals surface area contributed by atoms with Gasteiger partial charge in [-0.05, 0) is 57.0 Å². The van der Waals surface area contributed by atoms with E-state index in [1.165, 1.54) is 13.8 Å². The smallest absolute Gasteiger partial charge is 0.346 e. The maximum absolute atomic E-state index is 13.0. The lowest BCUT2D eigenvalue weighted by atomic mass is 9.90. The first-order valence-corrected chi connectivity index (χ1v) is 8.16. The number of rotatable bonds is 3. The van der Waals surface area contributed by atoms with Crippen LogP contribution in [-0.2, 0) is 22.7 Å². The van der Waals surface area contributed by atoms with Gasteiger partial charge in [0.25, 0.3) is 0 Å². The van der Waals surface area contributed by atoms with E-state index in [1.54, 1.807) is 0 Å². The minimum atomic E-state index is -4.93. The second kappa shape index (κ2) is 7.09. The second-order valence-electron chi connectivity index (χ2n) is 6.91. The van der Waals surface area contributed by atoms with Crippen LogP contribution in [0.3, 0.4) is 0 Å². The van der Waals surface area contributed by atoms with Crippen LogP contribution in [0.4, 0.5) is 26.3 Å². The third-order valence-corrected chi connectivity index (χ3v) is 4.37. The highest BCUT2D eigenvalue weighted by atomic mass is 19.4. The maximum Gasteiger partial charge on any atom is 0.416 e. The van der Waals surface area contributed by atoms with Gasteiger partial charge < -0.3 is 10.6 Å². The molecule has 1 aromatic rings. The predicted octanol–water partition coefficient (Wildman–Crippen LogP) is 4.22. The van der Waals surface area contributed by atoms with Gasteiger partial charge >= 0.3 is 12.4 Å². The van der Waals surface area contributed by atoms with Crippen molar-refractivity contribution < 1.29 is 31.1 Å². The molecule has 0 bridgehead atoms. The van der Waals surface area contributed by atoms with Crippen LogP contribution in [-0.4, -0.2) is 18.5 Å². The molecule has 26 heavy (non-hydrogen) atoms. The van der Waals surface area contributed by atoms with E-state index >= 15 is 0 Å². The lowest BCUT2D eigenvalue weighted by molar-refractivity contribution is -0.143. The molecule has 3 nitrogen and oxygen atoms in total. The minimum absolute atomic E-state index is 0.0735. The lowest BCUT2D eigenvalue weighted by Crippen LogP contribution is -2.52. The van der Waals surface area contributed by atoms with E-state index in [4.69, 9.17) is 0 Å². The van der Waals surface area contributed by atoms with Crippen LogP contribution in [0, 0.1) is 0 Å². The van der Waals surface area contributed by atoms with E-state index in [0.717, 1.165) is 12.8 Å². The molecule has 1 saturated heterocycles. The molecule has 0 aliphatic carbocycles. The first-order valence-electron chi connectivity index (χ1n) is 8.16. The number of carbonyl (C=O) groups excluding carboxylic acids is 1. The minimum Gasteiger partial charge on any atom is -0.346 e. The Morgan fingerprint density at radius 1 is 0.962 bits per heavy atom. The summed E-state index contributed by atoms with van der Waals surface area (Å²) in [7, 11) is 0. The van der Waals surface area contributed by atoms with Crippen molar-refractivity contribution in [3.63, 3.8) is 0 Å². The Kier molecular flexibility index (Phi) is 5.60. The summed E-state index contributed by atoms with van der Waals surface area (Å²) in [5.74, 6) is -0.444. The van der Waals surface area contributed by atoms with Gasteiger partial charge in [0.05, 0.1) is 22.7 Å². The average Bonchev–Trinajstić information content (AvgIpc) is 2.53. The van der Waals surface area contributed by atoms with Gasteiger partial charge in [0.15, 0.2) is 0 Å². The molecule has 0 unspecified atom stereocenters. The predicted molar refractivity (Wildman–Crippen MR) is 83.3 cm³/mol. The number of nitrogens with one attached hydrogen (secondary N) is 2. The van der Waals surface area contributed by atoms with E-state index in [2.05, 4.69) is 10.6 Å². The summed E-state index contributed by atoms with van der Waals surface area (Å²) in [6.45, 7) is 3.40. The van der Waals surface area contributed by atoms with Gasteiger partial charge in [-0.15, -0.1) is 0 Å². The molecule has 1 aliphatic rings. The lowest BCUT2D eigenvalue weighted by Gasteiger charge is -2.32. The summed E-state index contributed by atoms with van der Waals surface area (Å²) in [5, 5.41) is 5.56. The number of piperidine rings is 1. The van der Waals surface area contributed by atoms with Crippen LogP contribution < -0.4 is 10.6 Å². The van der Waals surface area contributed by atoms with Gasteiger partial charge in [-0.25, -0.2) is 0 Å². The van der Waals surface area contributed by atoms with Crippen LogP contribution in [0.25, 0.3) is 0 Å². The topological polar surface area (TPSA) is 41.1 Å². The van der Waals surface area contributed by atoms with Crippen LogP contribution in [0.5, 0.6) is 0 Å². The summed E-state index contributed by atoms with van der Waals surface area (Å²) in [6.07, 6.45) is -7.55. The molecule has 1 amide bonds. The quantitative estimate of drug-likeness (QED) is 0.769. The maximum atomic E-state index is 13.0. The van der Waals surface area contributed by atoms with Crippen molar-refractivity contribution in [3.05, 3.63) is 34.9 Å². The molecule has 0 saturated carbocycles. The molecule has 0 aromatic heterocycles. The highest BCUT2D eigenvalue weighted by Crippen LogP contribution is 2.38. The number of hydrogen-bond acceptors (Lipinski definition) is 2. The second-order valence-corrected chi connectivity index (χ2v) is 6.91. The van der Waals surface area contributed by atoms with Crippen molar-refractivity contribution in [2.24, 2.45) is 0 Å². The fourth-order valence-electron chi connectivity index (χ4n) is 2.86. The summed E-state index contributed by atoms with van der Waals surface area (Å²) in [4.78, 5) is 12.3. The summed E-state index contributed by atoms with van der Waals surface area (Å²) >= 11 is 0. The van der Waals surface area contributed by atoms with Crippen molar-refractivity contribution in [3.8, 4) is 0 Å². The van der Waals surface area contributed by atoms with Crippen LogP contribution in [0.2, 0.25) is 0 Å². The van der Waals surface area contributed by atoms with Crippen molar-refractivity contribution in [2.75, 3.05) is 6.54 Å². The molecule has 1 aromatic carbocycles. The molecule has 0 spiro atoms. The van der Waals surface area contributed by atoms with Gasteiger partial charge in [-0.3, -0.25) is 4.79 Å². The molecule has 1 fully saturated rings. The van der Waals surface area contributed by atoms with Gasteiger partial charge in [0, 0.05) is 0 Å². The van der Waals surface area contributed by atoms with Gasteiger partial charge in [-0.2, -0.15) is 26.3 Å². The number of amides is 1. The van der Waals surface area contributed by atoms with Crippen molar-refractivity contribution >= 4 is 5.91 Å². The molecule has 1 aliphatic heterocycles. The molecule has 2 rings (SSSR count). The Hall–Kier alpha value is -1.77. The first kappa shape index (κ1) is 20.5. The molecule has 1 atom stereocenters. The molecule has 9 heteroatoms. The molecule has 1 heterocycles. The number of benzene rings is 1. The van der Waals surface area contributed by atoms with E-state index < -0.39 is 41.0 Å². The highest BCUT2D eigenvalue weighted by Gasteiger charge is 2.39. The zero-order valence-corrected chi connectivity index (χ0v) is 14.3. The van der Waals surface area contributed by atoms with E-state index in [-0.39, 0.29) is 11.6 Å². The van der Waals surface area contributed by atoms with Crippen molar-refractivity contribution in [2.45, 2.75) is 57.0 Å². The SMILES string of the molecule is CC(C)(NC(=O)[C@@H]1CCCCN1)c1cc(C(F)(F)F)cc(C(F)(F)F)c1. The average molecular weight is 382 g/mol. The zero-order chi connectivity index (χ0) is 19.8. The summed E-state index contributed by atoms with van der Waals surface area (Å²) in [5.41, 5.74) is -4.47.